The molecule has 0 aromatic rings. The molecule has 0 bridgehead atoms. The Labute approximate surface area is 63.2 Å². The second-order valence-corrected chi connectivity index (χ2v) is 2.31. The fraction of sp³-hybridized carbons (Fsp3) is 0.667. The molecule has 4 N–H and O–H groups in total. The Balaban J connectivity index is 2.68. The van der Waals surface area contributed by atoms with E-state index < -0.39 is 24.9 Å². The van der Waals surface area contributed by atoms with Crippen LogP contribution in [0.1, 0.15) is 0 Å². The predicted molar refractivity (Wildman–Crippen MR) is 34.7 cm³/mol. The molecule has 1 unspecified atom stereocenters. The average Bonchev–Trinajstić information content (AvgIpc) is 2.30. The number of hydrogen-bond donors (Lipinski definition) is 4. The molecule has 0 aliphatic carbocycles. The summed E-state index contributed by atoms with van der Waals surface area (Å²) < 4.78 is 4.75. The van der Waals surface area contributed by atoms with Gasteiger partial charge in [-0.15, -0.1) is 0 Å². The molecule has 0 saturated carbocycles. The van der Waals surface area contributed by atoms with Gasteiger partial charge in [0.25, 0.3) is 0 Å². The van der Waals surface area contributed by atoms with E-state index >= 15 is 0 Å². The highest BCUT2D eigenvalue weighted by Gasteiger charge is 2.39. The van der Waals surface area contributed by atoms with E-state index in [2.05, 4.69) is 0 Å². The van der Waals surface area contributed by atoms with Gasteiger partial charge < -0.3 is 25.2 Å². The van der Waals surface area contributed by atoms with Crippen molar-refractivity contribution in [1.29, 1.82) is 0 Å². The number of rotatable bonds is 1. The number of aliphatic hydroxyl groups is 4. The Morgan fingerprint density at radius 1 is 1.45 bits per heavy atom. The van der Waals surface area contributed by atoms with Crippen LogP contribution in [-0.4, -0.2) is 45.3 Å². The van der Waals surface area contributed by atoms with Gasteiger partial charge >= 0.3 is 0 Å². The second kappa shape index (κ2) is 3.08. The maximum Gasteiger partial charge on any atom is 0.162 e. The first kappa shape index (κ1) is 8.32. The van der Waals surface area contributed by atoms with Gasteiger partial charge in [-0.1, -0.05) is 0 Å². The minimum Gasteiger partial charge on any atom is -0.512 e. The molecule has 1 heterocycles. The van der Waals surface area contributed by atoms with E-state index in [-0.39, 0.29) is 5.76 Å². The minimum absolute atomic E-state index is 0.114. The minimum atomic E-state index is -1.24. The van der Waals surface area contributed by atoms with Crippen molar-refractivity contribution in [3.63, 3.8) is 0 Å². The molecule has 0 aromatic heterocycles. The molecule has 3 atom stereocenters. The van der Waals surface area contributed by atoms with E-state index in [9.17, 15) is 0 Å². The lowest BCUT2D eigenvalue weighted by Crippen LogP contribution is -2.31. The van der Waals surface area contributed by atoms with E-state index in [1.165, 1.54) is 0 Å². The highest BCUT2D eigenvalue weighted by atomic mass is 16.5. The summed E-state index contributed by atoms with van der Waals surface area (Å²) in [6.07, 6.45) is -2.68. The summed E-state index contributed by atoms with van der Waals surface area (Å²) in [4.78, 5) is 0. The Morgan fingerprint density at radius 3 is 2.36 bits per heavy atom. The monoisotopic (exact) mass is 162 g/mol. The zero-order chi connectivity index (χ0) is 8.43. The van der Waals surface area contributed by atoms with Crippen LogP contribution in [0.5, 0.6) is 0 Å². The first-order valence-corrected chi connectivity index (χ1v) is 3.18. The average molecular weight is 162 g/mol. The molecule has 5 heteroatoms. The van der Waals surface area contributed by atoms with Crippen LogP contribution in [0.3, 0.4) is 0 Å². The summed E-state index contributed by atoms with van der Waals surface area (Å²) in [6, 6.07) is 0. The van der Waals surface area contributed by atoms with Gasteiger partial charge in [0, 0.05) is 0 Å². The van der Waals surface area contributed by atoms with Gasteiger partial charge in [0.1, 0.15) is 18.5 Å². The van der Waals surface area contributed by atoms with Crippen molar-refractivity contribution in [2.45, 2.75) is 18.3 Å². The van der Waals surface area contributed by atoms with Crippen molar-refractivity contribution < 1.29 is 25.2 Å². The lowest BCUT2D eigenvalue weighted by Gasteiger charge is -2.09. The fourth-order valence-electron chi connectivity index (χ4n) is 0.938. The van der Waals surface area contributed by atoms with Crippen LogP contribution in [0.25, 0.3) is 0 Å². The van der Waals surface area contributed by atoms with Crippen LogP contribution in [-0.2, 0) is 4.74 Å². The van der Waals surface area contributed by atoms with Gasteiger partial charge in [0.15, 0.2) is 11.9 Å². The van der Waals surface area contributed by atoms with Crippen molar-refractivity contribution in [2.24, 2.45) is 0 Å². The second-order valence-electron chi connectivity index (χ2n) is 2.31. The Morgan fingerprint density at radius 2 is 2.09 bits per heavy atom. The molecule has 1 aliphatic heterocycles. The van der Waals surface area contributed by atoms with Crippen LogP contribution in [0.15, 0.2) is 12.0 Å². The SMILES string of the molecule is O/C=C1\OC(CO)[C@@H](O)[C@@H]1O. The predicted octanol–water partition coefficient (Wildman–Crippen LogP) is -1.50. The van der Waals surface area contributed by atoms with Gasteiger partial charge in [0.05, 0.1) is 6.61 Å². The first-order chi connectivity index (χ1) is 5.20. The van der Waals surface area contributed by atoms with Crippen LogP contribution >= 0.6 is 0 Å². The third kappa shape index (κ3) is 1.30. The summed E-state index contributed by atoms with van der Waals surface area (Å²) in [5.74, 6) is -0.114. The fourth-order valence-corrected chi connectivity index (χ4v) is 0.938. The summed E-state index contributed by atoms with van der Waals surface area (Å²) in [5, 5.41) is 35.1. The third-order valence-corrected chi connectivity index (χ3v) is 1.59. The highest BCUT2D eigenvalue weighted by molar-refractivity contribution is 5.07. The van der Waals surface area contributed by atoms with Crippen molar-refractivity contribution >= 4 is 0 Å². The standard InChI is InChI=1S/C6H10O5/c7-1-3-5(9)6(10)4(2-8)11-3/h1,4-10H,2H2/b3-1-/t4?,5-,6-/m1/s1. The Kier molecular flexibility index (Phi) is 2.33. The molecule has 1 aliphatic rings. The zero-order valence-corrected chi connectivity index (χ0v) is 5.71. The molecular weight excluding hydrogens is 152 g/mol. The Hall–Kier alpha value is -0.780. The van der Waals surface area contributed by atoms with E-state index in [1.54, 1.807) is 0 Å². The Bertz CT molecular complexity index is 166. The zero-order valence-electron chi connectivity index (χ0n) is 5.71. The molecule has 0 radical (unpaired) electrons. The maximum atomic E-state index is 9.07. The van der Waals surface area contributed by atoms with E-state index in [4.69, 9.17) is 25.2 Å². The summed E-state index contributed by atoms with van der Waals surface area (Å²) in [5.41, 5.74) is 0. The van der Waals surface area contributed by atoms with Crippen molar-refractivity contribution in [3.05, 3.63) is 12.0 Å². The highest BCUT2D eigenvalue weighted by Crippen LogP contribution is 2.23. The van der Waals surface area contributed by atoms with Crippen LogP contribution < -0.4 is 0 Å². The van der Waals surface area contributed by atoms with E-state index in [1.807, 2.05) is 0 Å². The van der Waals surface area contributed by atoms with Crippen molar-refractivity contribution in [1.82, 2.24) is 0 Å². The van der Waals surface area contributed by atoms with Crippen LogP contribution in [0, 0.1) is 0 Å². The van der Waals surface area contributed by atoms with Gasteiger partial charge in [-0.25, -0.2) is 0 Å². The lowest BCUT2D eigenvalue weighted by molar-refractivity contribution is -0.00302. The third-order valence-electron chi connectivity index (χ3n) is 1.59. The topological polar surface area (TPSA) is 90.2 Å². The van der Waals surface area contributed by atoms with Crippen LogP contribution in [0.2, 0.25) is 0 Å². The number of ether oxygens (including phenoxy) is 1. The lowest BCUT2D eigenvalue weighted by atomic mass is 10.1. The smallest absolute Gasteiger partial charge is 0.162 e. The quantitative estimate of drug-likeness (QED) is 0.352. The summed E-state index contributed by atoms with van der Waals surface area (Å²) >= 11 is 0. The van der Waals surface area contributed by atoms with Crippen LogP contribution in [0.4, 0.5) is 0 Å². The summed E-state index contributed by atoms with van der Waals surface area (Å²) in [6.45, 7) is -0.393. The number of aliphatic hydroxyl groups excluding tert-OH is 4. The molecule has 1 fully saturated rings. The molecule has 64 valence electrons. The summed E-state index contributed by atoms with van der Waals surface area (Å²) in [7, 11) is 0. The van der Waals surface area contributed by atoms with Gasteiger partial charge in [-0.05, 0) is 0 Å². The van der Waals surface area contributed by atoms with Gasteiger partial charge in [0.2, 0.25) is 0 Å². The van der Waals surface area contributed by atoms with Crippen molar-refractivity contribution in [3.8, 4) is 0 Å². The first-order valence-electron chi connectivity index (χ1n) is 3.18. The molecule has 0 amide bonds. The largest absolute Gasteiger partial charge is 0.512 e. The van der Waals surface area contributed by atoms with E-state index in [0.29, 0.717) is 6.26 Å². The van der Waals surface area contributed by atoms with Crippen molar-refractivity contribution in [2.75, 3.05) is 6.61 Å². The molecule has 1 rings (SSSR count). The molecule has 0 aromatic carbocycles. The maximum absolute atomic E-state index is 9.07. The normalized spacial score (nSPS) is 41.0. The van der Waals surface area contributed by atoms with Gasteiger partial charge in [-0.2, -0.15) is 0 Å². The van der Waals surface area contributed by atoms with Gasteiger partial charge in [-0.3, -0.25) is 0 Å². The molecular formula is C6H10O5. The van der Waals surface area contributed by atoms with E-state index in [0.717, 1.165) is 0 Å². The molecule has 0 spiro atoms. The number of hydrogen-bond acceptors (Lipinski definition) is 5. The molecule has 1 saturated heterocycles. The molecule has 5 nitrogen and oxygen atoms in total. The molecule has 11 heavy (non-hydrogen) atoms.